The average molecular weight is 421 g/mol. The molecule has 0 fully saturated rings. The van der Waals surface area contributed by atoms with E-state index in [2.05, 4.69) is 10.3 Å². The van der Waals surface area contributed by atoms with E-state index in [4.69, 9.17) is 14.6 Å². The van der Waals surface area contributed by atoms with Crippen molar-refractivity contribution in [3.05, 3.63) is 58.1 Å². The van der Waals surface area contributed by atoms with Crippen LogP contribution in [0, 0.1) is 0 Å². The molecular formula is C22H19N3O6. The summed E-state index contributed by atoms with van der Waals surface area (Å²) in [6, 6.07) is 10.0. The highest BCUT2D eigenvalue weighted by Crippen LogP contribution is 2.35. The molecule has 2 heterocycles. The molecule has 0 unspecified atom stereocenters. The molecule has 158 valence electrons. The van der Waals surface area contributed by atoms with Gasteiger partial charge in [0.2, 0.25) is 0 Å². The maximum Gasteiger partial charge on any atom is 0.394 e. The van der Waals surface area contributed by atoms with Crippen LogP contribution in [0.5, 0.6) is 11.5 Å². The monoisotopic (exact) mass is 421 g/mol. The summed E-state index contributed by atoms with van der Waals surface area (Å²) in [6.45, 7) is 0.493. The van der Waals surface area contributed by atoms with E-state index in [1.165, 1.54) is 18.2 Å². The number of hydrogen-bond acceptors (Lipinski definition) is 6. The summed E-state index contributed by atoms with van der Waals surface area (Å²) in [6.07, 6.45) is 2.52. The summed E-state index contributed by atoms with van der Waals surface area (Å²) in [5, 5.41) is 11.4. The fraction of sp³-hybridized carbons (Fsp3) is 0.182. The standard InChI is InChI=1S/C22H19N3O6/c1-30-17-5-3-4-12(18(17)31-2)10-13-8-9-25-19(13)24-16-11-14(23-20(26)22(28)29)6-7-15(16)21(25)27/h3-7,10-11H,8-9H2,1-2H3,(H,23,26)(H,28,29)/b13-10-. The number of aromatic nitrogens is 2. The second-order valence-corrected chi connectivity index (χ2v) is 6.89. The molecule has 31 heavy (non-hydrogen) atoms. The maximum atomic E-state index is 13.0. The predicted octanol–water partition coefficient (Wildman–Crippen LogP) is 2.38. The number of para-hydroxylation sites is 1. The lowest BCUT2D eigenvalue weighted by molar-refractivity contribution is -0.147. The van der Waals surface area contributed by atoms with Crippen molar-refractivity contribution in [2.24, 2.45) is 0 Å². The number of allylic oxidation sites excluding steroid dienone is 1. The molecule has 9 nitrogen and oxygen atoms in total. The Morgan fingerprint density at radius 2 is 2.00 bits per heavy atom. The number of nitrogens with zero attached hydrogens (tertiary/aromatic N) is 2. The van der Waals surface area contributed by atoms with Gasteiger partial charge in [0.05, 0.1) is 25.1 Å². The van der Waals surface area contributed by atoms with Crippen molar-refractivity contribution in [1.82, 2.24) is 9.55 Å². The van der Waals surface area contributed by atoms with Crippen LogP contribution >= 0.6 is 0 Å². The number of benzene rings is 2. The first-order valence-electron chi connectivity index (χ1n) is 9.43. The van der Waals surface area contributed by atoms with Gasteiger partial charge in [-0.05, 0) is 42.3 Å². The first kappa shape index (κ1) is 20.1. The molecule has 1 amide bonds. The molecule has 1 aliphatic rings. The summed E-state index contributed by atoms with van der Waals surface area (Å²) in [7, 11) is 3.12. The minimum atomic E-state index is -1.60. The zero-order valence-corrected chi connectivity index (χ0v) is 16.8. The van der Waals surface area contributed by atoms with Crippen molar-refractivity contribution in [1.29, 1.82) is 0 Å². The Kier molecular flexibility index (Phi) is 5.16. The van der Waals surface area contributed by atoms with E-state index in [1.807, 2.05) is 18.2 Å². The number of fused-ring (bicyclic) bond motifs is 2. The van der Waals surface area contributed by atoms with Gasteiger partial charge in [0, 0.05) is 17.8 Å². The molecule has 0 saturated carbocycles. The van der Waals surface area contributed by atoms with Gasteiger partial charge in [-0.25, -0.2) is 9.78 Å². The van der Waals surface area contributed by atoms with E-state index in [1.54, 1.807) is 24.9 Å². The second-order valence-electron chi connectivity index (χ2n) is 6.89. The minimum Gasteiger partial charge on any atom is -0.493 e. The summed E-state index contributed by atoms with van der Waals surface area (Å²) < 4.78 is 12.4. The first-order valence-corrected chi connectivity index (χ1v) is 9.43. The Morgan fingerprint density at radius 1 is 1.19 bits per heavy atom. The van der Waals surface area contributed by atoms with Gasteiger partial charge in [-0.15, -0.1) is 0 Å². The molecule has 2 aromatic carbocycles. The molecule has 1 aliphatic heterocycles. The van der Waals surface area contributed by atoms with Gasteiger partial charge in [-0.3, -0.25) is 14.2 Å². The Labute approximate surface area is 176 Å². The number of amides is 1. The van der Waals surface area contributed by atoms with Crippen LogP contribution < -0.4 is 20.3 Å². The van der Waals surface area contributed by atoms with E-state index in [0.29, 0.717) is 41.2 Å². The molecule has 0 bridgehead atoms. The minimum absolute atomic E-state index is 0.197. The molecule has 0 saturated heterocycles. The lowest BCUT2D eigenvalue weighted by Crippen LogP contribution is -2.23. The number of carboxylic acids is 1. The third-order valence-electron chi connectivity index (χ3n) is 5.06. The Hall–Kier alpha value is -4.14. The zero-order valence-electron chi connectivity index (χ0n) is 16.8. The highest BCUT2D eigenvalue weighted by molar-refractivity contribution is 6.36. The summed E-state index contributed by atoms with van der Waals surface area (Å²) in [4.78, 5) is 39.8. The SMILES string of the molecule is COc1cccc(/C=C2/CCn3c2nc2cc(NC(=O)C(=O)O)ccc2c3=O)c1OC. The third-order valence-corrected chi connectivity index (χ3v) is 5.06. The highest BCUT2D eigenvalue weighted by atomic mass is 16.5. The van der Waals surface area contributed by atoms with Crippen LogP contribution in [0.1, 0.15) is 17.8 Å². The largest absolute Gasteiger partial charge is 0.493 e. The van der Waals surface area contributed by atoms with E-state index in [-0.39, 0.29) is 11.2 Å². The average Bonchev–Trinajstić information content (AvgIpc) is 3.16. The number of anilines is 1. The van der Waals surface area contributed by atoms with Crippen molar-refractivity contribution in [3.63, 3.8) is 0 Å². The van der Waals surface area contributed by atoms with E-state index >= 15 is 0 Å². The number of hydrogen-bond donors (Lipinski definition) is 2. The van der Waals surface area contributed by atoms with Crippen molar-refractivity contribution >= 4 is 40.1 Å². The summed E-state index contributed by atoms with van der Waals surface area (Å²) in [5.41, 5.74) is 2.06. The van der Waals surface area contributed by atoms with Gasteiger partial charge in [0.1, 0.15) is 5.82 Å². The van der Waals surface area contributed by atoms with E-state index in [0.717, 1.165) is 11.1 Å². The van der Waals surface area contributed by atoms with Crippen LogP contribution in [0.2, 0.25) is 0 Å². The van der Waals surface area contributed by atoms with Gasteiger partial charge < -0.3 is 19.9 Å². The van der Waals surface area contributed by atoms with Crippen LogP contribution in [-0.4, -0.2) is 40.8 Å². The topological polar surface area (TPSA) is 120 Å². The second kappa shape index (κ2) is 7.94. The summed E-state index contributed by atoms with van der Waals surface area (Å²) in [5.74, 6) is -1.07. The van der Waals surface area contributed by atoms with Gasteiger partial charge in [0.15, 0.2) is 11.5 Å². The molecule has 4 rings (SSSR count). The number of carboxylic acid groups (broad SMARTS) is 1. The Balaban J connectivity index is 1.81. The van der Waals surface area contributed by atoms with Gasteiger partial charge >= 0.3 is 11.9 Å². The number of carbonyl (C=O) groups excluding carboxylic acids is 1. The molecule has 9 heteroatoms. The van der Waals surface area contributed by atoms with Crippen molar-refractivity contribution < 1.29 is 24.2 Å². The normalized spacial score (nSPS) is 13.8. The van der Waals surface area contributed by atoms with E-state index < -0.39 is 11.9 Å². The first-order chi connectivity index (χ1) is 14.9. The Bertz CT molecular complexity index is 1310. The molecule has 0 aliphatic carbocycles. The van der Waals surface area contributed by atoms with Crippen LogP contribution in [0.25, 0.3) is 22.6 Å². The van der Waals surface area contributed by atoms with Crippen molar-refractivity contribution in [3.8, 4) is 11.5 Å². The van der Waals surface area contributed by atoms with Crippen LogP contribution in [-0.2, 0) is 16.1 Å². The fourth-order valence-electron chi connectivity index (χ4n) is 3.63. The van der Waals surface area contributed by atoms with Crippen molar-refractivity contribution in [2.45, 2.75) is 13.0 Å². The van der Waals surface area contributed by atoms with Crippen LogP contribution in [0.15, 0.2) is 41.2 Å². The smallest absolute Gasteiger partial charge is 0.394 e. The fourth-order valence-corrected chi connectivity index (χ4v) is 3.63. The number of nitrogens with one attached hydrogen (secondary N) is 1. The number of rotatable bonds is 4. The molecule has 0 spiro atoms. The molecule has 1 aromatic heterocycles. The lowest BCUT2D eigenvalue weighted by Gasteiger charge is -2.11. The van der Waals surface area contributed by atoms with E-state index in [9.17, 15) is 14.4 Å². The number of methoxy groups -OCH3 is 2. The molecule has 0 radical (unpaired) electrons. The lowest BCUT2D eigenvalue weighted by atomic mass is 10.1. The van der Waals surface area contributed by atoms with Gasteiger partial charge in [-0.2, -0.15) is 0 Å². The van der Waals surface area contributed by atoms with Gasteiger partial charge in [-0.1, -0.05) is 12.1 Å². The van der Waals surface area contributed by atoms with Crippen molar-refractivity contribution in [2.75, 3.05) is 19.5 Å². The van der Waals surface area contributed by atoms with Crippen LogP contribution in [0.4, 0.5) is 5.69 Å². The Morgan fingerprint density at radius 3 is 2.71 bits per heavy atom. The highest BCUT2D eigenvalue weighted by Gasteiger charge is 2.22. The molecule has 0 atom stereocenters. The summed E-state index contributed by atoms with van der Waals surface area (Å²) >= 11 is 0. The third kappa shape index (κ3) is 3.61. The maximum absolute atomic E-state index is 13.0. The predicted molar refractivity (Wildman–Crippen MR) is 114 cm³/mol. The van der Waals surface area contributed by atoms with Crippen LogP contribution in [0.3, 0.4) is 0 Å². The molecular weight excluding hydrogens is 402 g/mol. The van der Waals surface area contributed by atoms with Gasteiger partial charge in [0.25, 0.3) is 5.56 Å². The number of aliphatic carboxylic acids is 1. The molecule has 2 N–H and O–H groups in total. The number of carbonyl (C=O) groups is 2. The zero-order chi connectivity index (χ0) is 22.1. The quantitative estimate of drug-likeness (QED) is 0.621. The number of ether oxygens (including phenoxy) is 2. The molecule has 3 aromatic rings.